The molecule has 0 radical (unpaired) electrons. The number of nitrogens with zero attached hydrogens (tertiary/aromatic N) is 1. The number of hydrogen-bond donors (Lipinski definition) is 3. The molecule has 0 rings (SSSR count). The zero-order valence-electron chi connectivity index (χ0n) is 20.0. The predicted molar refractivity (Wildman–Crippen MR) is 120 cm³/mol. The fourth-order valence-electron chi connectivity index (χ4n) is 3.26. The molecule has 0 spiro atoms. The van der Waals surface area contributed by atoms with E-state index in [2.05, 4.69) is 10.6 Å². The van der Waals surface area contributed by atoms with Crippen molar-refractivity contribution in [2.45, 2.75) is 76.7 Å². The Morgan fingerprint density at radius 3 is 1.84 bits per heavy atom. The first-order chi connectivity index (χ1) is 14.7. The number of unbranched alkanes of at least 4 members (excludes halogenated alkanes) is 9. The largest absolute Gasteiger partial charge is 0.554 e. The molecule has 0 bridgehead atoms. The predicted octanol–water partition coefficient (Wildman–Crippen LogP) is 1.75. The lowest BCUT2D eigenvalue weighted by molar-refractivity contribution is -0.871. The first-order valence-electron chi connectivity index (χ1n) is 11.3. The fraction of sp³-hybridized carbons (Fsp3) is 0.864. The Bertz CT molecular complexity index is 455. The number of methoxy groups -OCH3 is 1. The minimum atomic E-state index is -0.895. The zero-order valence-corrected chi connectivity index (χ0v) is 20.0. The summed E-state index contributed by atoms with van der Waals surface area (Å²) in [5.74, 6) is -0.895. The zero-order chi connectivity index (χ0) is 24.0. The number of ether oxygens (including phenoxy) is 1. The van der Waals surface area contributed by atoms with Gasteiger partial charge in [0.05, 0.1) is 40.2 Å². The molecule has 3 N–H and O–H groups in total. The topological polar surface area (TPSA) is 128 Å². The first kappa shape index (κ1) is 31.3. The Hall–Kier alpha value is -1.87. The molecule has 184 valence electrons. The number of carboxylic acids is 1. The second kappa shape index (κ2) is 21.4. The summed E-state index contributed by atoms with van der Waals surface area (Å²) in [4.78, 5) is 31.2. The maximum atomic E-state index is 12.0. The maximum Gasteiger partial charge on any atom is 0.315 e. The summed E-state index contributed by atoms with van der Waals surface area (Å²) < 4.78 is 5.65. The van der Waals surface area contributed by atoms with Gasteiger partial charge in [0.25, 0.3) is 0 Å². The lowest BCUT2D eigenvalue weighted by Crippen LogP contribution is -2.52. The number of carbonyl (C=O) groups excluding carboxylic acids is 2. The van der Waals surface area contributed by atoms with Crippen molar-refractivity contribution in [2.24, 2.45) is 0 Å². The van der Waals surface area contributed by atoms with Gasteiger partial charge in [-0.15, -0.1) is 0 Å². The SMILES string of the molecule is COCCCCCCCCCCCCNC(=O)N[C@H](CC(=O)O)C[N+](C)(C)C.O=C[O-]. The van der Waals surface area contributed by atoms with Gasteiger partial charge in [0.1, 0.15) is 0 Å². The normalized spacial score (nSPS) is 11.7. The van der Waals surface area contributed by atoms with Gasteiger partial charge in [-0.1, -0.05) is 51.4 Å². The molecule has 0 aromatic rings. The van der Waals surface area contributed by atoms with E-state index in [0.717, 1.165) is 19.4 Å². The van der Waals surface area contributed by atoms with Crippen LogP contribution < -0.4 is 15.7 Å². The van der Waals surface area contributed by atoms with Crippen LogP contribution in [0.15, 0.2) is 0 Å². The number of carbonyl (C=O) groups is 3. The third-order valence-corrected chi connectivity index (χ3v) is 4.59. The van der Waals surface area contributed by atoms with E-state index in [1.54, 1.807) is 7.11 Å². The van der Waals surface area contributed by atoms with Gasteiger partial charge in [-0.2, -0.15) is 0 Å². The molecule has 0 saturated heterocycles. The summed E-state index contributed by atoms with van der Waals surface area (Å²) >= 11 is 0. The van der Waals surface area contributed by atoms with E-state index in [1.165, 1.54) is 51.4 Å². The van der Waals surface area contributed by atoms with Crippen molar-refractivity contribution < 1.29 is 33.8 Å². The lowest BCUT2D eigenvalue weighted by atomic mass is 10.1. The number of likely N-dealkylation sites (N-methyl/N-ethyl adjacent to an activating group) is 1. The number of carboxylic acid groups (broad SMARTS) is 2. The second-order valence-electron chi connectivity index (χ2n) is 8.79. The molecular formula is C22H45N3O6. The minimum absolute atomic E-state index is 0.0602. The number of hydrogen-bond acceptors (Lipinski definition) is 5. The average molecular weight is 448 g/mol. The van der Waals surface area contributed by atoms with Crippen molar-refractivity contribution in [3.63, 3.8) is 0 Å². The minimum Gasteiger partial charge on any atom is -0.554 e. The Kier molecular flexibility index (Phi) is 21.6. The molecule has 0 aromatic heterocycles. The number of quaternary nitrogens is 1. The number of amides is 2. The van der Waals surface area contributed by atoms with Crippen molar-refractivity contribution >= 4 is 18.5 Å². The standard InChI is InChI=1S/C21H43N3O4.CH2O2/c1-24(2,3)18-19(17-20(25)26)23-21(27)22-15-13-11-9-7-5-6-8-10-12-14-16-28-4;2-1-3/h19H,5-18H2,1-4H3,(H2-,22,23,25,26,27);1H,(H,2,3)/t19-;/m1./s1. The van der Waals surface area contributed by atoms with E-state index in [0.29, 0.717) is 17.6 Å². The Morgan fingerprint density at radius 2 is 1.42 bits per heavy atom. The average Bonchev–Trinajstić information content (AvgIpc) is 2.64. The van der Waals surface area contributed by atoms with Gasteiger partial charge in [0, 0.05) is 26.7 Å². The fourth-order valence-corrected chi connectivity index (χ4v) is 3.26. The number of nitrogens with one attached hydrogen (secondary N) is 2. The second-order valence-corrected chi connectivity index (χ2v) is 8.79. The summed E-state index contributed by atoms with van der Waals surface area (Å²) in [5.41, 5.74) is 0. The van der Waals surface area contributed by atoms with Crippen molar-refractivity contribution in [1.29, 1.82) is 0 Å². The number of rotatable bonds is 18. The van der Waals surface area contributed by atoms with Crippen molar-refractivity contribution in [3.05, 3.63) is 0 Å². The van der Waals surface area contributed by atoms with Crippen molar-refractivity contribution in [2.75, 3.05) is 47.9 Å². The van der Waals surface area contributed by atoms with Gasteiger partial charge in [-0.3, -0.25) is 4.79 Å². The molecule has 0 unspecified atom stereocenters. The van der Waals surface area contributed by atoms with Crippen LogP contribution in [0, 0.1) is 0 Å². The first-order valence-corrected chi connectivity index (χ1v) is 11.3. The van der Waals surface area contributed by atoms with Crippen LogP contribution in [0.3, 0.4) is 0 Å². The van der Waals surface area contributed by atoms with E-state index in [9.17, 15) is 9.59 Å². The molecular weight excluding hydrogens is 402 g/mol. The van der Waals surface area contributed by atoms with Crippen LogP contribution in [0.4, 0.5) is 4.79 Å². The van der Waals surface area contributed by atoms with Gasteiger partial charge < -0.3 is 34.9 Å². The molecule has 1 atom stereocenters. The summed E-state index contributed by atoms with van der Waals surface area (Å²) in [7, 11) is 7.70. The third kappa shape index (κ3) is 28.1. The van der Waals surface area contributed by atoms with E-state index >= 15 is 0 Å². The highest BCUT2D eigenvalue weighted by Crippen LogP contribution is 2.10. The molecule has 0 fully saturated rings. The summed E-state index contributed by atoms with van der Waals surface area (Å²) in [6.07, 6.45) is 12.1. The van der Waals surface area contributed by atoms with Crippen LogP contribution in [-0.2, 0) is 14.3 Å². The van der Waals surface area contributed by atoms with E-state index in [4.69, 9.17) is 19.7 Å². The van der Waals surface area contributed by atoms with E-state index in [-0.39, 0.29) is 18.5 Å². The molecule has 0 aliphatic heterocycles. The Balaban J connectivity index is 0. The van der Waals surface area contributed by atoms with Crippen LogP contribution in [-0.4, -0.2) is 82.1 Å². The van der Waals surface area contributed by atoms with Crippen LogP contribution in [0.2, 0.25) is 0 Å². The lowest BCUT2D eigenvalue weighted by Gasteiger charge is -2.29. The van der Waals surface area contributed by atoms with Crippen LogP contribution in [0.1, 0.15) is 70.6 Å². The highest BCUT2D eigenvalue weighted by Gasteiger charge is 2.22. The maximum absolute atomic E-state index is 12.0. The van der Waals surface area contributed by atoms with Gasteiger partial charge >= 0.3 is 12.0 Å². The van der Waals surface area contributed by atoms with E-state index < -0.39 is 12.4 Å². The molecule has 31 heavy (non-hydrogen) atoms. The molecule has 9 nitrogen and oxygen atoms in total. The highest BCUT2D eigenvalue weighted by atomic mass is 16.5. The molecule has 0 saturated carbocycles. The summed E-state index contributed by atoms with van der Waals surface area (Å²) in [5, 5.41) is 22.9. The van der Waals surface area contributed by atoms with Gasteiger partial charge in [-0.25, -0.2) is 4.79 Å². The smallest absolute Gasteiger partial charge is 0.315 e. The third-order valence-electron chi connectivity index (χ3n) is 4.59. The van der Waals surface area contributed by atoms with Crippen LogP contribution in [0.25, 0.3) is 0 Å². The van der Waals surface area contributed by atoms with Crippen molar-refractivity contribution in [3.8, 4) is 0 Å². The van der Waals surface area contributed by atoms with Gasteiger partial charge in [0.15, 0.2) is 0 Å². The molecule has 2 amide bonds. The van der Waals surface area contributed by atoms with Gasteiger partial charge in [0.2, 0.25) is 0 Å². The Morgan fingerprint density at radius 1 is 0.968 bits per heavy atom. The monoisotopic (exact) mass is 447 g/mol. The van der Waals surface area contributed by atoms with E-state index in [1.807, 2.05) is 21.1 Å². The molecule has 0 aliphatic rings. The molecule has 0 aliphatic carbocycles. The van der Waals surface area contributed by atoms with Crippen LogP contribution >= 0.6 is 0 Å². The van der Waals surface area contributed by atoms with Gasteiger partial charge in [-0.05, 0) is 12.8 Å². The van der Waals surface area contributed by atoms with Crippen molar-refractivity contribution in [1.82, 2.24) is 10.6 Å². The van der Waals surface area contributed by atoms with Crippen LogP contribution in [0.5, 0.6) is 0 Å². The molecule has 0 aromatic carbocycles. The molecule has 0 heterocycles. The number of urea groups is 1. The summed E-state index contributed by atoms with van der Waals surface area (Å²) in [6, 6.07) is -0.639. The number of aliphatic carboxylic acids is 1. The Labute approximate surface area is 188 Å². The molecule has 9 heteroatoms. The quantitative estimate of drug-likeness (QED) is 0.167. The highest BCUT2D eigenvalue weighted by molar-refractivity contribution is 5.75. The summed E-state index contributed by atoms with van der Waals surface area (Å²) in [6.45, 7) is 1.59.